The molecule has 0 fully saturated rings. The predicted octanol–water partition coefficient (Wildman–Crippen LogP) is 5.59. The molecule has 4 rings (SSSR count). The molecule has 1 amide bonds. The number of carbonyl (C=O) groups is 2. The van der Waals surface area contributed by atoms with Crippen LogP contribution in [0.4, 0.5) is 5.69 Å². The van der Waals surface area contributed by atoms with Gasteiger partial charge >= 0.3 is 0 Å². The Hall–Kier alpha value is -3.65. The van der Waals surface area contributed by atoms with Crippen molar-refractivity contribution in [2.75, 3.05) is 18.6 Å². The lowest BCUT2D eigenvalue weighted by Crippen LogP contribution is -2.31. The SMILES string of the molecule is COc1cccc(C2C(C(=O)c3sc(C)nc3C)=C(O)C(=O)N2c2ccc(OCC(C)C)cc2)c1. The zero-order chi connectivity index (χ0) is 25.3. The Morgan fingerprint density at radius 2 is 1.86 bits per heavy atom. The summed E-state index contributed by atoms with van der Waals surface area (Å²) in [7, 11) is 1.55. The smallest absolute Gasteiger partial charge is 0.294 e. The molecule has 0 spiro atoms. The lowest BCUT2D eigenvalue weighted by molar-refractivity contribution is -0.117. The normalized spacial score (nSPS) is 15.8. The molecule has 1 aliphatic heterocycles. The van der Waals surface area contributed by atoms with Gasteiger partial charge in [-0.25, -0.2) is 4.98 Å². The zero-order valence-corrected chi connectivity index (χ0v) is 21.2. The number of aliphatic hydroxyl groups excluding tert-OH is 1. The summed E-state index contributed by atoms with van der Waals surface area (Å²) >= 11 is 1.25. The van der Waals surface area contributed by atoms with Crippen molar-refractivity contribution in [3.8, 4) is 11.5 Å². The van der Waals surface area contributed by atoms with E-state index in [1.165, 1.54) is 16.2 Å². The lowest BCUT2D eigenvalue weighted by atomic mass is 9.94. The molecule has 0 saturated carbocycles. The monoisotopic (exact) mass is 492 g/mol. The molecule has 0 bridgehead atoms. The molecule has 3 aromatic rings. The molecular formula is C27H28N2O5S. The van der Waals surface area contributed by atoms with Gasteiger partial charge in [-0.05, 0) is 61.7 Å². The predicted molar refractivity (Wildman–Crippen MR) is 136 cm³/mol. The summed E-state index contributed by atoms with van der Waals surface area (Å²) in [6.07, 6.45) is 0. The summed E-state index contributed by atoms with van der Waals surface area (Å²) in [5, 5.41) is 11.7. The molecular weight excluding hydrogens is 464 g/mol. The molecule has 1 unspecified atom stereocenters. The zero-order valence-electron chi connectivity index (χ0n) is 20.4. The van der Waals surface area contributed by atoms with Crippen LogP contribution in [0.3, 0.4) is 0 Å². The maximum absolute atomic E-state index is 13.7. The molecule has 182 valence electrons. The van der Waals surface area contributed by atoms with Gasteiger partial charge in [0.15, 0.2) is 5.76 Å². The van der Waals surface area contributed by atoms with E-state index in [0.29, 0.717) is 45.8 Å². The van der Waals surface area contributed by atoms with Crippen LogP contribution < -0.4 is 14.4 Å². The van der Waals surface area contributed by atoms with Crippen molar-refractivity contribution < 1.29 is 24.2 Å². The molecule has 0 radical (unpaired) electrons. The molecule has 1 atom stereocenters. The summed E-state index contributed by atoms with van der Waals surface area (Å²) < 4.78 is 11.2. The van der Waals surface area contributed by atoms with Gasteiger partial charge in [-0.1, -0.05) is 26.0 Å². The van der Waals surface area contributed by atoms with Gasteiger partial charge in [0.25, 0.3) is 5.91 Å². The number of carbonyl (C=O) groups excluding carboxylic acids is 2. The quantitative estimate of drug-likeness (QED) is 0.413. The maximum Gasteiger partial charge on any atom is 0.294 e. The number of amides is 1. The number of aryl methyl sites for hydroxylation is 2. The van der Waals surface area contributed by atoms with Gasteiger partial charge in [-0.2, -0.15) is 0 Å². The van der Waals surface area contributed by atoms with Gasteiger partial charge in [-0.15, -0.1) is 11.3 Å². The maximum atomic E-state index is 13.7. The van der Waals surface area contributed by atoms with Crippen LogP contribution in [0.25, 0.3) is 0 Å². The first kappa shape index (κ1) is 24.5. The van der Waals surface area contributed by atoms with Gasteiger partial charge in [0, 0.05) is 5.69 Å². The molecule has 1 N–H and O–H groups in total. The minimum atomic E-state index is -0.839. The van der Waals surface area contributed by atoms with E-state index in [2.05, 4.69) is 18.8 Å². The number of nitrogens with zero attached hydrogens (tertiary/aromatic N) is 2. The number of benzene rings is 2. The Balaban J connectivity index is 1.80. The summed E-state index contributed by atoms with van der Waals surface area (Å²) in [4.78, 5) is 33.2. The Morgan fingerprint density at radius 1 is 1.14 bits per heavy atom. The molecule has 0 saturated heterocycles. The van der Waals surface area contributed by atoms with Crippen molar-refractivity contribution in [2.45, 2.75) is 33.7 Å². The highest BCUT2D eigenvalue weighted by atomic mass is 32.1. The van der Waals surface area contributed by atoms with Crippen molar-refractivity contribution in [1.29, 1.82) is 0 Å². The third-order valence-corrected chi connectivity index (χ3v) is 6.74. The number of rotatable bonds is 8. The van der Waals surface area contributed by atoms with E-state index in [1.54, 1.807) is 56.5 Å². The van der Waals surface area contributed by atoms with Crippen LogP contribution >= 0.6 is 11.3 Å². The second-order valence-electron chi connectivity index (χ2n) is 8.79. The molecule has 2 heterocycles. The topological polar surface area (TPSA) is 89.0 Å². The average Bonchev–Trinajstić information content (AvgIpc) is 3.32. The number of ketones is 1. The van der Waals surface area contributed by atoms with Crippen LogP contribution in [0.5, 0.6) is 11.5 Å². The fraction of sp³-hybridized carbons (Fsp3) is 0.296. The van der Waals surface area contributed by atoms with Crippen LogP contribution in [-0.2, 0) is 4.79 Å². The standard InChI is InChI=1S/C27H28N2O5S/c1-15(2)14-34-20-11-9-19(10-12-20)29-23(18-7-6-8-21(13-18)33-5)22(25(31)27(29)32)24(30)26-16(3)28-17(4)35-26/h6-13,15,23,31H,14H2,1-5H3. The highest BCUT2D eigenvalue weighted by Crippen LogP contribution is 2.43. The van der Waals surface area contributed by atoms with Crippen molar-refractivity contribution in [3.05, 3.63) is 81.0 Å². The first-order valence-corrected chi connectivity index (χ1v) is 12.1. The number of thiazole rings is 1. The van der Waals surface area contributed by atoms with Gasteiger partial charge < -0.3 is 14.6 Å². The van der Waals surface area contributed by atoms with E-state index in [4.69, 9.17) is 9.47 Å². The molecule has 35 heavy (non-hydrogen) atoms. The number of methoxy groups -OCH3 is 1. The van der Waals surface area contributed by atoms with E-state index < -0.39 is 23.5 Å². The summed E-state index contributed by atoms with van der Waals surface area (Å²) in [5.41, 5.74) is 1.77. The minimum absolute atomic E-state index is 0.0233. The minimum Gasteiger partial charge on any atom is -0.503 e. The second kappa shape index (κ2) is 9.92. The van der Waals surface area contributed by atoms with Gasteiger partial charge in [0.1, 0.15) is 11.5 Å². The van der Waals surface area contributed by atoms with Crippen LogP contribution in [0.1, 0.15) is 45.8 Å². The third kappa shape index (κ3) is 4.79. The van der Waals surface area contributed by atoms with E-state index in [9.17, 15) is 14.7 Å². The highest BCUT2D eigenvalue weighted by molar-refractivity contribution is 7.14. The third-order valence-electron chi connectivity index (χ3n) is 5.67. The molecule has 8 heteroatoms. The Bertz CT molecular complexity index is 1290. The Morgan fingerprint density at radius 3 is 2.46 bits per heavy atom. The number of aliphatic hydroxyl groups is 1. The lowest BCUT2D eigenvalue weighted by Gasteiger charge is -2.27. The Kier molecular flexibility index (Phi) is 6.93. The van der Waals surface area contributed by atoms with Crippen LogP contribution in [0.2, 0.25) is 0 Å². The number of aromatic nitrogens is 1. The van der Waals surface area contributed by atoms with Crippen LogP contribution in [0.15, 0.2) is 59.9 Å². The fourth-order valence-corrected chi connectivity index (χ4v) is 4.93. The molecule has 7 nitrogen and oxygen atoms in total. The molecule has 0 aliphatic carbocycles. The van der Waals surface area contributed by atoms with Crippen molar-refractivity contribution >= 4 is 28.7 Å². The Labute approximate surface area is 208 Å². The van der Waals surface area contributed by atoms with Gasteiger partial charge in [-0.3, -0.25) is 14.5 Å². The summed E-state index contributed by atoms with van der Waals surface area (Å²) in [6.45, 7) is 8.27. The molecule has 1 aromatic heterocycles. The van der Waals surface area contributed by atoms with E-state index >= 15 is 0 Å². The largest absolute Gasteiger partial charge is 0.503 e. The first-order valence-electron chi connectivity index (χ1n) is 11.3. The number of hydrogen-bond donors (Lipinski definition) is 1. The number of hydrogen-bond acceptors (Lipinski definition) is 7. The van der Waals surface area contributed by atoms with Crippen LogP contribution in [0, 0.1) is 19.8 Å². The number of anilines is 1. The van der Waals surface area contributed by atoms with Crippen LogP contribution in [-0.4, -0.2) is 35.5 Å². The second-order valence-corrected chi connectivity index (χ2v) is 10.00. The highest BCUT2D eigenvalue weighted by Gasteiger charge is 2.45. The van der Waals surface area contributed by atoms with E-state index in [1.807, 2.05) is 13.0 Å². The summed E-state index contributed by atoms with van der Waals surface area (Å²) in [6, 6.07) is 13.4. The van der Waals surface area contributed by atoms with Gasteiger partial charge in [0.2, 0.25) is 5.78 Å². The molecule has 1 aliphatic rings. The number of Topliss-reactive ketones (excluding diaryl/α,β-unsaturated/α-hetero) is 1. The van der Waals surface area contributed by atoms with Gasteiger partial charge in [0.05, 0.1) is 40.9 Å². The number of ether oxygens (including phenoxy) is 2. The fourth-order valence-electron chi connectivity index (χ4n) is 4.06. The molecule has 2 aromatic carbocycles. The van der Waals surface area contributed by atoms with Crippen molar-refractivity contribution in [3.63, 3.8) is 0 Å². The van der Waals surface area contributed by atoms with E-state index in [0.717, 1.165) is 5.01 Å². The summed E-state index contributed by atoms with van der Waals surface area (Å²) in [5.74, 6) is 0.0166. The first-order chi connectivity index (χ1) is 16.7. The van der Waals surface area contributed by atoms with E-state index in [-0.39, 0.29) is 5.57 Å². The van der Waals surface area contributed by atoms with Crippen molar-refractivity contribution in [2.24, 2.45) is 5.92 Å². The van der Waals surface area contributed by atoms with Crippen molar-refractivity contribution in [1.82, 2.24) is 4.98 Å². The average molecular weight is 493 g/mol.